The van der Waals surface area contributed by atoms with Gasteiger partial charge in [-0.15, -0.1) is 0 Å². The average Bonchev–Trinajstić information content (AvgIpc) is 2.73. The monoisotopic (exact) mass is 198 g/mol. The maximum absolute atomic E-state index is 6.12. The van der Waals surface area contributed by atoms with E-state index in [9.17, 15) is 0 Å². The minimum Gasteiger partial charge on any atom is -0.264 e. The van der Waals surface area contributed by atoms with Gasteiger partial charge in [0.25, 0.3) is 0 Å². The number of nitrogens with zero attached hydrogens (tertiary/aromatic N) is 2. The van der Waals surface area contributed by atoms with Gasteiger partial charge >= 0.3 is 0 Å². The van der Waals surface area contributed by atoms with E-state index in [4.69, 9.17) is 11.6 Å². The van der Waals surface area contributed by atoms with Crippen molar-refractivity contribution in [1.29, 1.82) is 0 Å². The van der Waals surface area contributed by atoms with Crippen LogP contribution in [0.1, 0.15) is 45.3 Å². The number of rotatable bonds is 1. The molecule has 0 saturated heterocycles. The average molecular weight is 199 g/mol. The Kier molecular flexibility index (Phi) is 1.91. The molecule has 0 N–H and O–H groups in total. The van der Waals surface area contributed by atoms with E-state index in [2.05, 4.69) is 30.6 Å². The third kappa shape index (κ3) is 1.60. The molecule has 0 amide bonds. The van der Waals surface area contributed by atoms with Crippen LogP contribution in [-0.4, -0.2) is 9.78 Å². The summed E-state index contributed by atoms with van der Waals surface area (Å²) in [6.45, 7) is 6.53. The van der Waals surface area contributed by atoms with Crippen LogP contribution in [0.15, 0.2) is 6.20 Å². The van der Waals surface area contributed by atoms with E-state index in [-0.39, 0.29) is 5.41 Å². The van der Waals surface area contributed by atoms with Gasteiger partial charge in [-0.25, -0.2) is 0 Å². The molecule has 0 aliphatic heterocycles. The number of halogens is 1. The smallest absolute Gasteiger partial charge is 0.0823 e. The van der Waals surface area contributed by atoms with E-state index >= 15 is 0 Å². The first-order chi connectivity index (χ1) is 6.00. The molecule has 0 unspecified atom stereocenters. The Morgan fingerprint density at radius 2 is 2.08 bits per heavy atom. The molecular formula is C10H15ClN2. The van der Waals surface area contributed by atoms with Crippen molar-refractivity contribution in [3.8, 4) is 0 Å². The molecule has 0 radical (unpaired) electrons. The Morgan fingerprint density at radius 3 is 2.54 bits per heavy atom. The molecule has 0 bridgehead atoms. The molecule has 1 saturated carbocycles. The van der Waals surface area contributed by atoms with E-state index in [0.29, 0.717) is 6.04 Å². The Labute approximate surface area is 83.9 Å². The maximum atomic E-state index is 6.12. The van der Waals surface area contributed by atoms with Gasteiger partial charge in [-0.3, -0.25) is 4.68 Å². The quantitative estimate of drug-likeness (QED) is 0.678. The van der Waals surface area contributed by atoms with Crippen LogP contribution in [0.4, 0.5) is 0 Å². The highest BCUT2D eigenvalue weighted by Crippen LogP contribution is 2.40. The predicted octanol–water partition coefficient (Wildman–Crippen LogP) is 3.17. The van der Waals surface area contributed by atoms with Gasteiger partial charge in [0, 0.05) is 5.41 Å². The minimum atomic E-state index is 0.0934. The summed E-state index contributed by atoms with van der Waals surface area (Å²) in [6, 6.07) is 0.613. The lowest BCUT2D eigenvalue weighted by Gasteiger charge is -2.20. The van der Waals surface area contributed by atoms with Crippen molar-refractivity contribution < 1.29 is 0 Å². The van der Waals surface area contributed by atoms with Crippen molar-refractivity contribution in [3.63, 3.8) is 0 Å². The molecule has 1 aliphatic carbocycles. The normalized spacial score (nSPS) is 17.8. The molecule has 72 valence electrons. The van der Waals surface area contributed by atoms with E-state index < -0.39 is 0 Å². The van der Waals surface area contributed by atoms with Gasteiger partial charge in [-0.2, -0.15) is 5.10 Å². The fourth-order valence-corrected chi connectivity index (χ4v) is 2.05. The lowest BCUT2D eigenvalue weighted by Crippen LogP contribution is -2.18. The summed E-state index contributed by atoms with van der Waals surface area (Å²) < 4.78 is 2.10. The SMILES string of the molecule is CC(C)(C)c1c(Cl)cnn1C1CC1. The summed E-state index contributed by atoms with van der Waals surface area (Å²) in [6.07, 6.45) is 4.27. The molecule has 2 rings (SSSR count). The zero-order valence-electron chi connectivity index (χ0n) is 8.34. The summed E-state index contributed by atoms with van der Waals surface area (Å²) >= 11 is 6.12. The molecule has 1 heterocycles. The van der Waals surface area contributed by atoms with Crippen LogP contribution in [0.5, 0.6) is 0 Å². The summed E-state index contributed by atoms with van der Waals surface area (Å²) in [7, 11) is 0. The summed E-state index contributed by atoms with van der Waals surface area (Å²) in [5.74, 6) is 0. The topological polar surface area (TPSA) is 17.8 Å². The molecule has 0 spiro atoms. The Hall–Kier alpha value is -0.500. The van der Waals surface area contributed by atoms with Gasteiger partial charge in [0.15, 0.2) is 0 Å². The molecule has 13 heavy (non-hydrogen) atoms. The largest absolute Gasteiger partial charge is 0.264 e. The van der Waals surface area contributed by atoms with Crippen molar-refractivity contribution in [3.05, 3.63) is 16.9 Å². The standard InChI is InChI=1S/C10H15ClN2/c1-10(2,3)9-8(11)6-12-13(9)7-4-5-7/h6-7H,4-5H2,1-3H3. The van der Waals surface area contributed by atoms with Gasteiger partial charge in [0.05, 0.1) is 23.0 Å². The summed E-state index contributed by atoms with van der Waals surface area (Å²) in [4.78, 5) is 0. The summed E-state index contributed by atoms with van der Waals surface area (Å²) in [5, 5.41) is 5.13. The lowest BCUT2D eigenvalue weighted by molar-refractivity contribution is 0.491. The highest BCUT2D eigenvalue weighted by Gasteiger charge is 2.31. The second-order valence-electron chi connectivity index (χ2n) is 4.77. The van der Waals surface area contributed by atoms with Crippen LogP contribution in [0, 0.1) is 0 Å². The van der Waals surface area contributed by atoms with Gasteiger partial charge in [0.2, 0.25) is 0 Å². The molecule has 2 nitrogen and oxygen atoms in total. The van der Waals surface area contributed by atoms with Crippen LogP contribution < -0.4 is 0 Å². The Balaban J connectivity index is 2.46. The van der Waals surface area contributed by atoms with Crippen molar-refractivity contribution in [1.82, 2.24) is 9.78 Å². The molecule has 3 heteroatoms. The molecule has 1 aromatic rings. The zero-order chi connectivity index (χ0) is 9.64. The van der Waals surface area contributed by atoms with E-state index in [1.807, 2.05) is 0 Å². The molecule has 1 aromatic heterocycles. The molecular weight excluding hydrogens is 184 g/mol. The van der Waals surface area contributed by atoms with Gasteiger partial charge < -0.3 is 0 Å². The Bertz CT molecular complexity index is 318. The second kappa shape index (κ2) is 2.74. The number of hydrogen-bond donors (Lipinski definition) is 0. The molecule has 0 atom stereocenters. The van der Waals surface area contributed by atoms with Gasteiger partial charge in [-0.05, 0) is 12.8 Å². The van der Waals surface area contributed by atoms with Crippen molar-refractivity contribution in [2.24, 2.45) is 0 Å². The van der Waals surface area contributed by atoms with Crippen LogP contribution in [0.25, 0.3) is 0 Å². The molecule has 1 aliphatic rings. The van der Waals surface area contributed by atoms with E-state index in [0.717, 1.165) is 5.02 Å². The first-order valence-electron chi connectivity index (χ1n) is 4.73. The van der Waals surface area contributed by atoms with Crippen LogP contribution in [-0.2, 0) is 5.41 Å². The van der Waals surface area contributed by atoms with Gasteiger partial charge in [-0.1, -0.05) is 32.4 Å². The van der Waals surface area contributed by atoms with Crippen LogP contribution in [0.2, 0.25) is 5.02 Å². The van der Waals surface area contributed by atoms with Crippen LogP contribution >= 0.6 is 11.6 Å². The maximum Gasteiger partial charge on any atom is 0.0823 e. The number of hydrogen-bond acceptors (Lipinski definition) is 1. The third-order valence-corrected chi connectivity index (χ3v) is 2.63. The van der Waals surface area contributed by atoms with Crippen LogP contribution in [0.3, 0.4) is 0 Å². The lowest BCUT2D eigenvalue weighted by atomic mass is 9.92. The fourth-order valence-electron chi connectivity index (χ4n) is 1.64. The van der Waals surface area contributed by atoms with Gasteiger partial charge in [0.1, 0.15) is 0 Å². The Morgan fingerprint density at radius 1 is 1.46 bits per heavy atom. The molecule has 1 fully saturated rings. The summed E-state index contributed by atoms with van der Waals surface area (Å²) in [5.41, 5.74) is 1.27. The van der Waals surface area contributed by atoms with Crippen molar-refractivity contribution in [2.75, 3.05) is 0 Å². The zero-order valence-corrected chi connectivity index (χ0v) is 9.10. The van der Waals surface area contributed by atoms with E-state index in [1.54, 1.807) is 6.20 Å². The predicted molar refractivity (Wildman–Crippen MR) is 54.2 cm³/mol. The first-order valence-corrected chi connectivity index (χ1v) is 5.11. The first kappa shape index (κ1) is 9.07. The third-order valence-electron chi connectivity index (χ3n) is 2.35. The second-order valence-corrected chi connectivity index (χ2v) is 5.17. The van der Waals surface area contributed by atoms with Crippen molar-refractivity contribution in [2.45, 2.75) is 45.1 Å². The van der Waals surface area contributed by atoms with E-state index in [1.165, 1.54) is 18.5 Å². The number of aromatic nitrogens is 2. The van der Waals surface area contributed by atoms with Crippen molar-refractivity contribution >= 4 is 11.6 Å². The molecule has 0 aromatic carbocycles. The highest BCUT2D eigenvalue weighted by molar-refractivity contribution is 6.31. The fraction of sp³-hybridized carbons (Fsp3) is 0.700. The minimum absolute atomic E-state index is 0.0934. The highest BCUT2D eigenvalue weighted by atomic mass is 35.5.